The third-order valence-electron chi connectivity index (χ3n) is 3.95. The number of amides is 1. The Morgan fingerprint density at radius 3 is 3.00 bits per heavy atom. The maximum absolute atomic E-state index is 12.1. The molecule has 0 bridgehead atoms. The summed E-state index contributed by atoms with van der Waals surface area (Å²) >= 11 is 1.45. The van der Waals surface area contributed by atoms with E-state index in [4.69, 9.17) is 5.73 Å². The van der Waals surface area contributed by atoms with E-state index in [0.717, 1.165) is 23.8 Å². The van der Waals surface area contributed by atoms with E-state index >= 15 is 0 Å². The molecule has 0 aromatic carbocycles. The fourth-order valence-corrected chi connectivity index (χ4v) is 3.39. The second-order valence-electron chi connectivity index (χ2n) is 5.67. The number of nitrogens with zero attached hydrogens (tertiary/aromatic N) is 1. The van der Waals surface area contributed by atoms with Crippen LogP contribution in [0.5, 0.6) is 0 Å². The van der Waals surface area contributed by atoms with Crippen LogP contribution >= 0.6 is 11.3 Å². The third kappa shape index (κ3) is 3.76. The summed E-state index contributed by atoms with van der Waals surface area (Å²) in [5.74, 6) is 1.38. The summed E-state index contributed by atoms with van der Waals surface area (Å²) in [5, 5.41) is 5.73. The molecule has 1 fully saturated rings. The zero-order valence-corrected chi connectivity index (χ0v) is 12.5. The SMILES string of the molecule is CC(C)C1CCCC(NC(=O)c2csc(CN)n2)C1. The fourth-order valence-electron chi connectivity index (χ4n) is 2.73. The number of carbonyl (C=O) groups excluding carboxylic acids is 1. The van der Waals surface area contributed by atoms with Gasteiger partial charge in [-0.3, -0.25) is 4.79 Å². The first-order valence-corrected chi connectivity index (χ1v) is 7.93. The molecule has 0 spiro atoms. The van der Waals surface area contributed by atoms with Gasteiger partial charge in [0.1, 0.15) is 10.7 Å². The van der Waals surface area contributed by atoms with Gasteiger partial charge in [-0.05, 0) is 24.7 Å². The van der Waals surface area contributed by atoms with Gasteiger partial charge in [0.2, 0.25) is 0 Å². The van der Waals surface area contributed by atoms with E-state index in [-0.39, 0.29) is 5.91 Å². The molecule has 19 heavy (non-hydrogen) atoms. The number of nitrogens with one attached hydrogen (secondary N) is 1. The summed E-state index contributed by atoms with van der Waals surface area (Å²) in [7, 11) is 0. The monoisotopic (exact) mass is 281 g/mol. The van der Waals surface area contributed by atoms with Gasteiger partial charge in [0.05, 0.1) is 0 Å². The van der Waals surface area contributed by atoms with E-state index in [9.17, 15) is 4.79 Å². The Bertz CT molecular complexity index is 430. The van der Waals surface area contributed by atoms with E-state index in [1.165, 1.54) is 24.2 Å². The zero-order valence-electron chi connectivity index (χ0n) is 11.7. The molecule has 4 nitrogen and oxygen atoms in total. The predicted octanol–water partition coefficient (Wildman–Crippen LogP) is 2.55. The van der Waals surface area contributed by atoms with Gasteiger partial charge < -0.3 is 11.1 Å². The smallest absolute Gasteiger partial charge is 0.270 e. The van der Waals surface area contributed by atoms with Crippen molar-refractivity contribution in [2.75, 3.05) is 0 Å². The molecule has 2 unspecified atom stereocenters. The van der Waals surface area contributed by atoms with Gasteiger partial charge in [-0.15, -0.1) is 11.3 Å². The lowest BCUT2D eigenvalue weighted by molar-refractivity contribution is 0.0908. The number of thiazole rings is 1. The van der Waals surface area contributed by atoms with Crippen molar-refractivity contribution in [3.05, 3.63) is 16.1 Å². The van der Waals surface area contributed by atoms with E-state index in [2.05, 4.69) is 24.1 Å². The Kier molecular flexibility index (Phi) is 4.93. The van der Waals surface area contributed by atoms with Crippen LogP contribution in [0.25, 0.3) is 0 Å². The molecule has 0 radical (unpaired) electrons. The number of nitrogens with two attached hydrogens (primary N) is 1. The maximum atomic E-state index is 12.1. The lowest BCUT2D eigenvalue weighted by Gasteiger charge is -2.31. The van der Waals surface area contributed by atoms with Crippen LogP contribution in [-0.4, -0.2) is 16.9 Å². The number of rotatable bonds is 4. The highest BCUT2D eigenvalue weighted by Crippen LogP contribution is 2.30. The molecule has 0 saturated heterocycles. The molecule has 3 N–H and O–H groups in total. The fraction of sp³-hybridized carbons (Fsp3) is 0.714. The van der Waals surface area contributed by atoms with Crippen molar-refractivity contribution in [3.8, 4) is 0 Å². The van der Waals surface area contributed by atoms with Crippen LogP contribution < -0.4 is 11.1 Å². The quantitative estimate of drug-likeness (QED) is 0.891. The Morgan fingerprint density at radius 1 is 1.58 bits per heavy atom. The molecule has 2 atom stereocenters. The Morgan fingerprint density at radius 2 is 2.37 bits per heavy atom. The molecule has 2 rings (SSSR count). The minimum Gasteiger partial charge on any atom is -0.348 e. The molecular weight excluding hydrogens is 258 g/mol. The second kappa shape index (κ2) is 6.48. The van der Waals surface area contributed by atoms with Crippen LogP contribution in [0, 0.1) is 11.8 Å². The van der Waals surface area contributed by atoms with Crippen molar-refractivity contribution in [2.45, 2.75) is 52.1 Å². The number of aromatic nitrogens is 1. The predicted molar refractivity (Wildman–Crippen MR) is 78.1 cm³/mol. The standard InChI is InChI=1S/C14H23N3OS/c1-9(2)10-4-3-5-11(6-10)16-14(18)12-8-19-13(7-15)17-12/h8-11H,3-7,15H2,1-2H3,(H,16,18). The second-order valence-corrected chi connectivity index (χ2v) is 6.61. The molecule has 1 aromatic rings. The Hall–Kier alpha value is -0.940. The van der Waals surface area contributed by atoms with Gasteiger partial charge >= 0.3 is 0 Å². The van der Waals surface area contributed by atoms with E-state index in [1.807, 2.05) is 0 Å². The highest BCUT2D eigenvalue weighted by Gasteiger charge is 2.25. The molecule has 106 valence electrons. The summed E-state index contributed by atoms with van der Waals surface area (Å²) < 4.78 is 0. The van der Waals surface area contributed by atoms with Gasteiger partial charge in [-0.1, -0.05) is 26.7 Å². The van der Waals surface area contributed by atoms with Crippen molar-refractivity contribution >= 4 is 17.2 Å². The van der Waals surface area contributed by atoms with E-state index < -0.39 is 0 Å². The van der Waals surface area contributed by atoms with Gasteiger partial charge in [-0.25, -0.2) is 4.98 Å². The maximum Gasteiger partial charge on any atom is 0.270 e. The van der Waals surface area contributed by atoms with Crippen LogP contribution in [-0.2, 0) is 6.54 Å². The van der Waals surface area contributed by atoms with Gasteiger partial charge in [0.15, 0.2) is 0 Å². The molecule has 5 heteroatoms. The van der Waals surface area contributed by atoms with Crippen molar-refractivity contribution in [2.24, 2.45) is 17.6 Å². The normalized spacial score (nSPS) is 23.6. The van der Waals surface area contributed by atoms with Crippen molar-refractivity contribution in [1.82, 2.24) is 10.3 Å². The summed E-state index contributed by atoms with van der Waals surface area (Å²) in [4.78, 5) is 16.3. The first-order chi connectivity index (χ1) is 9.10. The van der Waals surface area contributed by atoms with Crippen LogP contribution in [0.4, 0.5) is 0 Å². The lowest BCUT2D eigenvalue weighted by atomic mass is 9.79. The van der Waals surface area contributed by atoms with Crippen molar-refractivity contribution in [1.29, 1.82) is 0 Å². The molecule has 1 amide bonds. The Labute approximate surface area is 118 Å². The van der Waals surface area contributed by atoms with E-state index in [1.54, 1.807) is 5.38 Å². The summed E-state index contributed by atoms with van der Waals surface area (Å²) in [6, 6.07) is 0.302. The lowest BCUT2D eigenvalue weighted by Crippen LogP contribution is -2.39. The largest absolute Gasteiger partial charge is 0.348 e. The van der Waals surface area contributed by atoms with Crippen molar-refractivity contribution in [3.63, 3.8) is 0 Å². The Balaban J connectivity index is 1.91. The average Bonchev–Trinajstić information content (AvgIpc) is 2.88. The number of hydrogen-bond acceptors (Lipinski definition) is 4. The highest BCUT2D eigenvalue weighted by atomic mass is 32.1. The number of hydrogen-bond donors (Lipinski definition) is 2. The molecule has 1 saturated carbocycles. The van der Waals surface area contributed by atoms with Gasteiger partial charge in [-0.2, -0.15) is 0 Å². The van der Waals surface area contributed by atoms with Crippen LogP contribution in [0.15, 0.2) is 5.38 Å². The van der Waals surface area contributed by atoms with E-state index in [0.29, 0.717) is 24.2 Å². The van der Waals surface area contributed by atoms with Crippen LogP contribution in [0.2, 0.25) is 0 Å². The number of carbonyl (C=O) groups is 1. The molecule has 0 aliphatic heterocycles. The summed E-state index contributed by atoms with van der Waals surface area (Å²) in [5.41, 5.74) is 6.03. The van der Waals surface area contributed by atoms with Crippen LogP contribution in [0.1, 0.15) is 55.0 Å². The van der Waals surface area contributed by atoms with Gasteiger partial charge in [0.25, 0.3) is 5.91 Å². The van der Waals surface area contributed by atoms with Crippen molar-refractivity contribution < 1.29 is 4.79 Å². The summed E-state index contributed by atoms with van der Waals surface area (Å²) in [6.45, 7) is 4.93. The first-order valence-electron chi connectivity index (χ1n) is 7.05. The molecule has 1 aromatic heterocycles. The molecule has 1 aliphatic rings. The summed E-state index contributed by atoms with van der Waals surface area (Å²) in [6.07, 6.45) is 4.68. The molecule has 1 aliphatic carbocycles. The first kappa shape index (κ1) is 14.5. The molecular formula is C14H23N3OS. The van der Waals surface area contributed by atoms with Gasteiger partial charge in [0, 0.05) is 18.0 Å². The minimum absolute atomic E-state index is 0.0506. The highest BCUT2D eigenvalue weighted by molar-refractivity contribution is 7.09. The third-order valence-corrected chi connectivity index (χ3v) is 4.82. The zero-order chi connectivity index (χ0) is 13.8. The topological polar surface area (TPSA) is 68.0 Å². The molecule has 1 heterocycles. The minimum atomic E-state index is -0.0506. The average molecular weight is 281 g/mol. The van der Waals surface area contributed by atoms with Crippen LogP contribution in [0.3, 0.4) is 0 Å².